The molecule has 0 radical (unpaired) electrons. The summed E-state index contributed by atoms with van der Waals surface area (Å²) in [4.78, 5) is 4.84. The summed E-state index contributed by atoms with van der Waals surface area (Å²) in [5.74, 6) is -0.617. The van der Waals surface area contributed by atoms with E-state index in [1.54, 1.807) is 0 Å². The quantitative estimate of drug-likeness (QED) is 0.728. The normalized spacial score (nSPS) is 10.6. The van der Waals surface area contributed by atoms with Gasteiger partial charge in [0, 0.05) is 6.07 Å². The van der Waals surface area contributed by atoms with Gasteiger partial charge in [-0.1, -0.05) is 0 Å². The van der Waals surface area contributed by atoms with Gasteiger partial charge in [0.05, 0.1) is 23.5 Å². The Morgan fingerprint density at radius 2 is 2.04 bits per heavy atom. The van der Waals surface area contributed by atoms with E-state index >= 15 is 0 Å². The largest absolute Gasteiger partial charge is 0.435 e. The Morgan fingerprint density at radius 1 is 1.21 bits per heavy atom. The number of benzene rings is 1. The van der Waals surface area contributed by atoms with E-state index in [2.05, 4.69) is 25.1 Å². The van der Waals surface area contributed by atoms with Crippen LogP contribution in [0.5, 0.6) is 5.75 Å². The predicted molar refractivity (Wildman–Crippen MR) is 73.7 cm³/mol. The first-order valence-electron chi connectivity index (χ1n) is 6.47. The summed E-state index contributed by atoms with van der Waals surface area (Å²) >= 11 is 0. The molecule has 0 saturated heterocycles. The smallest absolute Gasteiger partial charge is 0.387 e. The van der Waals surface area contributed by atoms with Crippen molar-refractivity contribution in [2.45, 2.75) is 6.61 Å². The maximum absolute atomic E-state index is 12.9. The standard InChI is InChI=1S/C14H7F3N6O/c15-9-1-2-12(19-7-9)13-20-22-23(21-13)10-3-8(6-18)4-11(5-10)24-14(16)17/h1-5,7,14H. The number of pyridine rings is 1. The second kappa shape index (κ2) is 6.33. The third kappa shape index (κ3) is 3.30. The molecule has 2 heterocycles. The molecule has 0 fully saturated rings. The Kier molecular flexibility index (Phi) is 4.07. The van der Waals surface area contributed by atoms with Crippen LogP contribution in [0.2, 0.25) is 0 Å². The maximum Gasteiger partial charge on any atom is 0.387 e. The van der Waals surface area contributed by atoms with Crippen LogP contribution >= 0.6 is 0 Å². The fraction of sp³-hybridized carbons (Fsp3) is 0.0714. The molecule has 2 aromatic heterocycles. The Balaban J connectivity index is 1.97. The summed E-state index contributed by atoms with van der Waals surface area (Å²) in [6.45, 7) is -3.03. The van der Waals surface area contributed by atoms with Crippen LogP contribution in [0.3, 0.4) is 0 Å². The van der Waals surface area contributed by atoms with Crippen LogP contribution in [0.1, 0.15) is 5.56 Å². The van der Waals surface area contributed by atoms with E-state index in [4.69, 9.17) is 5.26 Å². The van der Waals surface area contributed by atoms with Gasteiger partial charge in [-0.15, -0.1) is 15.0 Å². The second-order valence-electron chi connectivity index (χ2n) is 4.47. The number of tetrazole rings is 1. The summed E-state index contributed by atoms with van der Waals surface area (Å²) in [5.41, 5.74) is 0.565. The summed E-state index contributed by atoms with van der Waals surface area (Å²) < 4.78 is 41.9. The molecule has 120 valence electrons. The van der Waals surface area contributed by atoms with Crippen molar-refractivity contribution in [3.05, 3.63) is 47.9 Å². The van der Waals surface area contributed by atoms with Gasteiger partial charge in [0.25, 0.3) is 0 Å². The SMILES string of the molecule is N#Cc1cc(OC(F)F)cc(-n2nnc(-c3ccc(F)cn3)n2)c1. The molecule has 0 aliphatic carbocycles. The van der Waals surface area contributed by atoms with Crippen LogP contribution < -0.4 is 4.74 Å². The zero-order chi connectivity index (χ0) is 17.1. The number of alkyl halides is 2. The Hall–Kier alpha value is -3.48. The second-order valence-corrected chi connectivity index (χ2v) is 4.47. The fourth-order valence-electron chi connectivity index (χ4n) is 1.87. The van der Waals surface area contributed by atoms with Crippen molar-refractivity contribution in [3.63, 3.8) is 0 Å². The average Bonchev–Trinajstić information content (AvgIpc) is 3.04. The minimum absolute atomic E-state index is 0.0851. The molecular formula is C14H7F3N6O. The van der Waals surface area contributed by atoms with E-state index in [0.717, 1.165) is 17.1 Å². The van der Waals surface area contributed by atoms with E-state index < -0.39 is 12.4 Å². The van der Waals surface area contributed by atoms with Gasteiger partial charge in [0.15, 0.2) is 0 Å². The number of ether oxygens (including phenoxy) is 1. The molecule has 0 aliphatic heterocycles. The van der Waals surface area contributed by atoms with Crippen LogP contribution in [0.15, 0.2) is 36.5 Å². The lowest BCUT2D eigenvalue weighted by Gasteiger charge is -2.06. The number of nitriles is 1. The van der Waals surface area contributed by atoms with Crippen molar-refractivity contribution in [2.75, 3.05) is 0 Å². The van der Waals surface area contributed by atoms with Gasteiger partial charge in [-0.2, -0.15) is 14.0 Å². The van der Waals surface area contributed by atoms with Crippen LogP contribution in [0, 0.1) is 17.1 Å². The monoisotopic (exact) mass is 332 g/mol. The first-order chi connectivity index (χ1) is 11.5. The minimum Gasteiger partial charge on any atom is -0.435 e. The molecular weight excluding hydrogens is 325 g/mol. The first-order valence-corrected chi connectivity index (χ1v) is 6.47. The van der Waals surface area contributed by atoms with Gasteiger partial charge >= 0.3 is 6.61 Å². The first kappa shape index (κ1) is 15.4. The zero-order valence-corrected chi connectivity index (χ0v) is 11.8. The fourth-order valence-corrected chi connectivity index (χ4v) is 1.87. The molecule has 1 aromatic carbocycles. The number of halogens is 3. The highest BCUT2D eigenvalue weighted by Gasteiger charge is 2.12. The molecule has 7 nitrogen and oxygen atoms in total. The number of hydrogen-bond donors (Lipinski definition) is 0. The molecule has 3 aromatic rings. The molecule has 3 rings (SSSR count). The highest BCUT2D eigenvalue weighted by Crippen LogP contribution is 2.21. The molecule has 10 heteroatoms. The van der Waals surface area contributed by atoms with E-state index in [9.17, 15) is 13.2 Å². The topological polar surface area (TPSA) is 89.5 Å². The lowest BCUT2D eigenvalue weighted by Crippen LogP contribution is -2.05. The Bertz CT molecular complexity index is 904. The van der Waals surface area contributed by atoms with E-state index in [1.165, 1.54) is 24.3 Å². The number of aromatic nitrogens is 5. The molecule has 0 amide bonds. The van der Waals surface area contributed by atoms with Crippen LogP contribution in [-0.2, 0) is 0 Å². The number of rotatable bonds is 4. The van der Waals surface area contributed by atoms with Crippen molar-refractivity contribution in [1.29, 1.82) is 5.26 Å². The van der Waals surface area contributed by atoms with E-state index in [1.807, 2.05) is 6.07 Å². The minimum atomic E-state index is -3.03. The van der Waals surface area contributed by atoms with Gasteiger partial charge in [-0.3, -0.25) is 0 Å². The maximum atomic E-state index is 12.9. The highest BCUT2D eigenvalue weighted by atomic mass is 19.3. The van der Waals surface area contributed by atoms with Crippen molar-refractivity contribution in [2.24, 2.45) is 0 Å². The molecule has 0 unspecified atom stereocenters. The van der Waals surface area contributed by atoms with E-state index in [-0.39, 0.29) is 28.5 Å². The zero-order valence-electron chi connectivity index (χ0n) is 11.8. The summed E-state index contributed by atoms with van der Waals surface area (Å²) in [7, 11) is 0. The third-order valence-electron chi connectivity index (χ3n) is 2.85. The molecule has 0 spiro atoms. The molecule has 0 aliphatic rings. The van der Waals surface area contributed by atoms with Gasteiger partial charge in [-0.05, 0) is 29.5 Å². The van der Waals surface area contributed by atoms with Crippen molar-refractivity contribution >= 4 is 0 Å². The Labute approximate surface area is 132 Å². The lowest BCUT2D eigenvalue weighted by atomic mass is 10.2. The van der Waals surface area contributed by atoms with E-state index in [0.29, 0.717) is 0 Å². The number of nitrogens with zero attached hydrogens (tertiary/aromatic N) is 6. The summed E-state index contributed by atoms with van der Waals surface area (Å²) in [6.07, 6.45) is 1.00. The molecule has 0 bridgehead atoms. The van der Waals surface area contributed by atoms with Crippen molar-refractivity contribution in [3.8, 4) is 29.0 Å². The van der Waals surface area contributed by atoms with Crippen LogP contribution in [-0.4, -0.2) is 31.8 Å². The van der Waals surface area contributed by atoms with Gasteiger partial charge in [0.2, 0.25) is 5.82 Å². The van der Waals surface area contributed by atoms with Gasteiger partial charge in [0.1, 0.15) is 17.3 Å². The van der Waals surface area contributed by atoms with Gasteiger partial charge < -0.3 is 4.74 Å². The summed E-state index contributed by atoms with van der Waals surface area (Å²) in [6, 6.07) is 8.16. The lowest BCUT2D eigenvalue weighted by molar-refractivity contribution is -0.0498. The molecule has 0 N–H and O–H groups in total. The highest BCUT2D eigenvalue weighted by molar-refractivity contribution is 5.49. The van der Waals surface area contributed by atoms with Crippen molar-refractivity contribution < 1.29 is 17.9 Å². The van der Waals surface area contributed by atoms with Crippen molar-refractivity contribution in [1.82, 2.24) is 25.2 Å². The molecule has 0 saturated carbocycles. The third-order valence-corrected chi connectivity index (χ3v) is 2.85. The summed E-state index contributed by atoms with van der Waals surface area (Å²) in [5, 5.41) is 20.5. The molecule has 24 heavy (non-hydrogen) atoms. The van der Waals surface area contributed by atoms with Crippen LogP contribution in [0.4, 0.5) is 13.2 Å². The molecule has 0 atom stereocenters. The number of hydrogen-bond acceptors (Lipinski definition) is 6. The van der Waals surface area contributed by atoms with Crippen LogP contribution in [0.25, 0.3) is 17.2 Å². The predicted octanol–water partition coefficient (Wildman–Crippen LogP) is 2.34. The van der Waals surface area contributed by atoms with Gasteiger partial charge in [-0.25, -0.2) is 9.37 Å². The average molecular weight is 332 g/mol. The Morgan fingerprint density at radius 3 is 2.71 bits per heavy atom.